The van der Waals surface area contributed by atoms with Gasteiger partial charge in [0.25, 0.3) is 0 Å². The largest absolute Gasteiger partial charge is 0.409 e. The van der Waals surface area contributed by atoms with E-state index in [1.807, 2.05) is 18.7 Å². The molecule has 1 aliphatic heterocycles. The number of rotatable bonds is 5. The van der Waals surface area contributed by atoms with E-state index in [0.717, 1.165) is 13.1 Å². The molecule has 6 heteroatoms. The van der Waals surface area contributed by atoms with Crippen LogP contribution in [0, 0.1) is 0 Å². The quantitative estimate of drug-likeness (QED) is 0.264. The van der Waals surface area contributed by atoms with Crippen LogP contribution in [0.15, 0.2) is 5.16 Å². The third-order valence-corrected chi connectivity index (χ3v) is 3.48. The van der Waals surface area contributed by atoms with E-state index < -0.39 is 0 Å². The van der Waals surface area contributed by atoms with E-state index in [1.54, 1.807) is 0 Å². The van der Waals surface area contributed by atoms with Gasteiger partial charge in [0, 0.05) is 37.7 Å². The van der Waals surface area contributed by atoms with Gasteiger partial charge in [-0.3, -0.25) is 0 Å². The summed E-state index contributed by atoms with van der Waals surface area (Å²) in [6.45, 7) is 6.14. The Hall–Kier alpha value is -0.460. The summed E-state index contributed by atoms with van der Waals surface area (Å²) in [5.74, 6) is 2.70. The molecular formula is C9H20N4OS. The molecule has 1 heterocycles. The van der Waals surface area contributed by atoms with Gasteiger partial charge in [-0.25, -0.2) is 0 Å². The molecule has 0 aromatic carbocycles. The van der Waals surface area contributed by atoms with E-state index in [4.69, 9.17) is 10.9 Å². The monoisotopic (exact) mass is 232 g/mol. The highest BCUT2D eigenvalue weighted by molar-refractivity contribution is 7.99. The second-order valence-electron chi connectivity index (χ2n) is 3.65. The smallest absolute Gasteiger partial charge is 0.156 e. The van der Waals surface area contributed by atoms with Gasteiger partial charge in [-0.15, -0.1) is 0 Å². The van der Waals surface area contributed by atoms with Crippen molar-refractivity contribution < 1.29 is 5.21 Å². The molecule has 0 amide bonds. The second kappa shape index (κ2) is 6.92. The number of hydrogen-bond donors (Lipinski definition) is 3. The minimum atomic E-state index is -0.0610. The summed E-state index contributed by atoms with van der Waals surface area (Å²) in [5.41, 5.74) is 5.46. The third kappa shape index (κ3) is 4.72. The second-order valence-corrected chi connectivity index (χ2v) is 4.88. The topological polar surface area (TPSA) is 73.9 Å². The normalized spacial score (nSPS) is 21.5. The van der Waals surface area contributed by atoms with Gasteiger partial charge in [-0.05, 0) is 6.92 Å². The Balaban J connectivity index is 2.09. The molecule has 0 saturated carbocycles. The van der Waals surface area contributed by atoms with E-state index in [1.165, 1.54) is 24.6 Å². The molecule has 0 radical (unpaired) electrons. The van der Waals surface area contributed by atoms with Crippen LogP contribution >= 0.6 is 11.8 Å². The summed E-state index contributed by atoms with van der Waals surface area (Å²) < 4.78 is 0. The lowest BCUT2D eigenvalue weighted by molar-refractivity contribution is 0.297. The Morgan fingerprint density at radius 2 is 2.27 bits per heavy atom. The van der Waals surface area contributed by atoms with Crippen molar-refractivity contribution in [2.45, 2.75) is 13.0 Å². The van der Waals surface area contributed by atoms with Crippen LogP contribution < -0.4 is 11.1 Å². The molecule has 4 N–H and O–H groups in total. The van der Waals surface area contributed by atoms with Crippen molar-refractivity contribution in [2.75, 3.05) is 37.7 Å². The third-order valence-electron chi connectivity index (χ3n) is 2.54. The first kappa shape index (κ1) is 12.6. The highest BCUT2D eigenvalue weighted by atomic mass is 32.2. The molecule has 5 nitrogen and oxygen atoms in total. The fourth-order valence-corrected chi connectivity index (χ4v) is 2.43. The van der Waals surface area contributed by atoms with Crippen molar-refractivity contribution in [1.29, 1.82) is 0 Å². The molecule has 0 aromatic rings. The standard InChI is InChI=1S/C9H20N4OS/c1-8(9(10)12-14)11-2-3-13-4-6-15-7-5-13/h8,11,14H,2-7H2,1H3,(H2,10,12). The molecule has 1 saturated heterocycles. The van der Waals surface area contributed by atoms with Crippen LogP contribution in [-0.4, -0.2) is 59.7 Å². The first-order valence-corrected chi connectivity index (χ1v) is 6.40. The van der Waals surface area contributed by atoms with Gasteiger partial charge in [-0.2, -0.15) is 11.8 Å². The predicted octanol–water partition coefficient (Wildman–Crippen LogP) is -0.240. The average Bonchev–Trinajstić information content (AvgIpc) is 2.29. The summed E-state index contributed by atoms with van der Waals surface area (Å²) in [4.78, 5) is 2.43. The van der Waals surface area contributed by atoms with Crippen molar-refractivity contribution >= 4 is 17.6 Å². The van der Waals surface area contributed by atoms with Crippen LogP contribution in [-0.2, 0) is 0 Å². The Morgan fingerprint density at radius 3 is 2.87 bits per heavy atom. The molecule has 0 aliphatic carbocycles. The van der Waals surface area contributed by atoms with E-state index in [0.29, 0.717) is 0 Å². The van der Waals surface area contributed by atoms with Gasteiger partial charge in [0.1, 0.15) is 0 Å². The number of amidine groups is 1. The lowest BCUT2D eigenvalue weighted by Crippen LogP contribution is -2.44. The predicted molar refractivity (Wildman–Crippen MR) is 64.6 cm³/mol. The molecule has 1 aliphatic rings. The van der Waals surface area contributed by atoms with E-state index in [9.17, 15) is 0 Å². The fraction of sp³-hybridized carbons (Fsp3) is 0.889. The number of thioether (sulfide) groups is 1. The van der Waals surface area contributed by atoms with Crippen molar-refractivity contribution in [2.24, 2.45) is 10.9 Å². The van der Waals surface area contributed by atoms with Gasteiger partial charge in [0.2, 0.25) is 0 Å². The van der Waals surface area contributed by atoms with Crippen LogP contribution in [0.1, 0.15) is 6.92 Å². The molecule has 0 bridgehead atoms. The summed E-state index contributed by atoms with van der Waals surface area (Å²) in [5, 5.41) is 14.6. The van der Waals surface area contributed by atoms with Crippen LogP contribution in [0.2, 0.25) is 0 Å². The number of nitrogens with two attached hydrogens (primary N) is 1. The number of hydrogen-bond acceptors (Lipinski definition) is 5. The molecule has 1 fully saturated rings. The van der Waals surface area contributed by atoms with E-state index >= 15 is 0 Å². The van der Waals surface area contributed by atoms with Crippen LogP contribution in [0.25, 0.3) is 0 Å². The summed E-state index contributed by atoms with van der Waals surface area (Å²) in [7, 11) is 0. The molecule has 0 aromatic heterocycles. The lowest BCUT2D eigenvalue weighted by Gasteiger charge is -2.26. The molecule has 88 valence electrons. The van der Waals surface area contributed by atoms with Crippen LogP contribution in [0.5, 0.6) is 0 Å². The Morgan fingerprint density at radius 1 is 1.60 bits per heavy atom. The van der Waals surface area contributed by atoms with Crippen LogP contribution in [0.4, 0.5) is 0 Å². The summed E-state index contributed by atoms with van der Waals surface area (Å²) in [6.07, 6.45) is 0. The van der Waals surface area contributed by atoms with Crippen molar-refractivity contribution in [3.05, 3.63) is 0 Å². The van der Waals surface area contributed by atoms with Crippen LogP contribution in [0.3, 0.4) is 0 Å². The molecule has 1 unspecified atom stereocenters. The SMILES string of the molecule is CC(NCCN1CCSCC1)C(N)=NO. The first-order chi connectivity index (χ1) is 7.24. The number of oxime groups is 1. The first-order valence-electron chi connectivity index (χ1n) is 5.25. The number of nitrogens with zero attached hydrogens (tertiary/aromatic N) is 2. The van der Waals surface area contributed by atoms with Gasteiger partial charge < -0.3 is 21.2 Å². The summed E-state index contributed by atoms with van der Waals surface area (Å²) in [6, 6.07) is -0.0610. The zero-order chi connectivity index (χ0) is 11.1. The minimum Gasteiger partial charge on any atom is -0.409 e. The van der Waals surface area contributed by atoms with E-state index in [2.05, 4.69) is 15.4 Å². The molecule has 1 rings (SSSR count). The van der Waals surface area contributed by atoms with Gasteiger partial charge in [0.15, 0.2) is 5.84 Å². The molecule has 1 atom stereocenters. The fourth-order valence-electron chi connectivity index (χ4n) is 1.46. The highest BCUT2D eigenvalue weighted by Crippen LogP contribution is 2.07. The molecule has 0 spiro atoms. The van der Waals surface area contributed by atoms with E-state index in [-0.39, 0.29) is 11.9 Å². The van der Waals surface area contributed by atoms with Crippen molar-refractivity contribution in [3.8, 4) is 0 Å². The van der Waals surface area contributed by atoms with Crippen molar-refractivity contribution in [1.82, 2.24) is 10.2 Å². The molecular weight excluding hydrogens is 212 g/mol. The maximum absolute atomic E-state index is 8.46. The maximum Gasteiger partial charge on any atom is 0.156 e. The Labute approximate surface area is 95.1 Å². The Bertz CT molecular complexity index is 206. The van der Waals surface area contributed by atoms with Gasteiger partial charge >= 0.3 is 0 Å². The maximum atomic E-state index is 8.46. The van der Waals surface area contributed by atoms with Gasteiger partial charge in [-0.1, -0.05) is 5.16 Å². The molecule has 15 heavy (non-hydrogen) atoms. The lowest BCUT2D eigenvalue weighted by atomic mass is 10.3. The summed E-state index contributed by atoms with van der Waals surface area (Å²) >= 11 is 2.01. The zero-order valence-electron chi connectivity index (χ0n) is 9.15. The highest BCUT2D eigenvalue weighted by Gasteiger charge is 2.11. The average molecular weight is 232 g/mol. The zero-order valence-corrected chi connectivity index (χ0v) is 9.96. The van der Waals surface area contributed by atoms with Gasteiger partial charge in [0.05, 0.1) is 6.04 Å². The number of nitrogens with one attached hydrogen (secondary N) is 1. The Kier molecular flexibility index (Phi) is 5.82. The minimum absolute atomic E-state index is 0.0610. The van der Waals surface area contributed by atoms with Crippen molar-refractivity contribution in [3.63, 3.8) is 0 Å².